The molecule has 178 valence electrons. The second kappa shape index (κ2) is 11.8. The van der Waals surface area contributed by atoms with Gasteiger partial charge in [0.05, 0.1) is 4.91 Å². The van der Waals surface area contributed by atoms with Crippen molar-refractivity contribution in [1.82, 2.24) is 9.47 Å². The van der Waals surface area contributed by atoms with E-state index in [9.17, 15) is 14.9 Å². The van der Waals surface area contributed by atoms with Crippen molar-refractivity contribution in [1.29, 1.82) is 5.26 Å². The Morgan fingerprint density at radius 3 is 2.39 bits per heavy atom. The van der Waals surface area contributed by atoms with E-state index in [4.69, 9.17) is 12.2 Å². The maximum Gasteiger partial charge on any atom is 0.270 e. The minimum atomic E-state index is -0.231. The molecule has 2 aliphatic heterocycles. The van der Waals surface area contributed by atoms with Crippen LogP contribution in [-0.4, -0.2) is 39.3 Å². The summed E-state index contributed by atoms with van der Waals surface area (Å²) in [5.41, 5.74) is 1.38. The molecular formula is C25H34N4O2S2. The molecule has 0 radical (unpaired) electrons. The van der Waals surface area contributed by atoms with Crippen LogP contribution in [0.25, 0.3) is 6.08 Å². The van der Waals surface area contributed by atoms with E-state index in [1.807, 2.05) is 13.0 Å². The number of hydrogen-bond donors (Lipinski definition) is 0. The Balaban J connectivity index is 2.07. The standard InChI is InChI=1S/C25H34N4O2S2/c1-4-6-8-9-15-29-24(31)21(33-25(29)32)16-19-18(3)20(17-26)23(30)28(14-7-5-2)22(19)27-12-10-11-13-27/h16H,4-15H2,1-3H3/b21-16+. The Bertz CT molecular complexity index is 1030. The summed E-state index contributed by atoms with van der Waals surface area (Å²) in [6, 6.07) is 2.12. The number of carbonyl (C=O) groups is 1. The van der Waals surface area contributed by atoms with Gasteiger partial charge in [-0.25, -0.2) is 0 Å². The number of amides is 1. The van der Waals surface area contributed by atoms with Crippen molar-refractivity contribution in [3.63, 3.8) is 0 Å². The molecule has 0 unspecified atom stereocenters. The Morgan fingerprint density at radius 2 is 1.76 bits per heavy atom. The lowest BCUT2D eigenvalue weighted by atomic mass is 10.0. The third kappa shape index (κ3) is 5.52. The molecule has 6 nitrogen and oxygen atoms in total. The highest BCUT2D eigenvalue weighted by atomic mass is 32.2. The number of pyridine rings is 1. The van der Waals surface area contributed by atoms with E-state index in [0.717, 1.165) is 75.8 Å². The van der Waals surface area contributed by atoms with E-state index in [0.29, 0.717) is 27.9 Å². The van der Waals surface area contributed by atoms with Crippen LogP contribution in [0.15, 0.2) is 9.70 Å². The molecule has 8 heteroatoms. The normalized spacial score (nSPS) is 17.5. The molecule has 0 saturated carbocycles. The molecule has 0 spiro atoms. The fourth-order valence-electron chi connectivity index (χ4n) is 4.46. The summed E-state index contributed by atoms with van der Waals surface area (Å²) >= 11 is 6.85. The largest absolute Gasteiger partial charge is 0.357 e. The molecule has 2 saturated heterocycles. The predicted octanol–water partition coefficient (Wildman–Crippen LogP) is 5.21. The maximum absolute atomic E-state index is 13.2. The number of carbonyl (C=O) groups excluding carboxylic acids is 1. The number of thiocarbonyl (C=S) groups is 1. The molecule has 0 N–H and O–H groups in total. The molecule has 0 atom stereocenters. The second-order valence-corrected chi connectivity index (χ2v) is 10.4. The van der Waals surface area contributed by atoms with Crippen LogP contribution < -0.4 is 10.5 Å². The van der Waals surface area contributed by atoms with Crippen LogP contribution in [0.5, 0.6) is 0 Å². The molecule has 33 heavy (non-hydrogen) atoms. The van der Waals surface area contributed by atoms with Crippen molar-refractivity contribution in [2.75, 3.05) is 24.5 Å². The number of nitrogens with zero attached hydrogens (tertiary/aromatic N) is 4. The van der Waals surface area contributed by atoms with E-state index >= 15 is 0 Å². The fraction of sp³-hybridized carbons (Fsp3) is 0.600. The highest BCUT2D eigenvalue weighted by Crippen LogP contribution is 2.36. The van der Waals surface area contributed by atoms with Gasteiger partial charge in [0.15, 0.2) is 0 Å². The minimum absolute atomic E-state index is 0.0712. The van der Waals surface area contributed by atoms with Crippen molar-refractivity contribution in [2.45, 2.75) is 78.7 Å². The monoisotopic (exact) mass is 486 g/mol. The summed E-state index contributed by atoms with van der Waals surface area (Å²) in [5.74, 6) is 0.772. The van der Waals surface area contributed by atoms with Gasteiger partial charge in [0.2, 0.25) is 0 Å². The molecule has 1 aromatic rings. The molecule has 0 aromatic carbocycles. The Kier molecular flexibility index (Phi) is 9.16. The lowest BCUT2D eigenvalue weighted by molar-refractivity contribution is -0.122. The maximum atomic E-state index is 13.2. The number of unbranched alkanes of at least 4 members (excludes halogenated alkanes) is 4. The van der Waals surface area contributed by atoms with Crippen molar-refractivity contribution >= 4 is 46.1 Å². The minimum Gasteiger partial charge on any atom is -0.357 e. The van der Waals surface area contributed by atoms with Crippen LogP contribution in [0, 0.1) is 18.3 Å². The van der Waals surface area contributed by atoms with Gasteiger partial charge in [-0.3, -0.25) is 19.1 Å². The molecule has 0 bridgehead atoms. The van der Waals surface area contributed by atoms with E-state index in [1.54, 1.807) is 9.47 Å². The van der Waals surface area contributed by atoms with Crippen LogP contribution in [0.4, 0.5) is 5.82 Å². The highest BCUT2D eigenvalue weighted by molar-refractivity contribution is 8.26. The smallest absolute Gasteiger partial charge is 0.270 e. The molecule has 2 aliphatic rings. The Hall–Kier alpha value is -2.11. The van der Waals surface area contributed by atoms with E-state index in [1.165, 1.54) is 11.8 Å². The molecule has 3 heterocycles. The quantitative estimate of drug-likeness (QED) is 0.257. The van der Waals surface area contributed by atoms with Gasteiger partial charge >= 0.3 is 0 Å². The summed E-state index contributed by atoms with van der Waals surface area (Å²) in [6.45, 7) is 9.02. The van der Waals surface area contributed by atoms with Gasteiger partial charge in [0.1, 0.15) is 21.8 Å². The van der Waals surface area contributed by atoms with Crippen LogP contribution in [0.2, 0.25) is 0 Å². The average Bonchev–Trinajstić information content (AvgIpc) is 3.41. The zero-order valence-corrected chi connectivity index (χ0v) is 21.6. The molecule has 3 rings (SSSR count). The third-order valence-corrected chi connectivity index (χ3v) is 7.75. The Labute approximate surface area is 206 Å². The molecular weight excluding hydrogens is 452 g/mol. The van der Waals surface area contributed by atoms with Gasteiger partial charge in [-0.1, -0.05) is 63.5 Å². The summed E-state index contributed by atoms with van der Waals surface area (Å²) in [6.07, 6.45) is 10.1. The van der Waals surface area contributed by atoms with E-state index in [2.05, 4.69) is 24.8 Å². The predicted molar refractivity (Wildman–Crippen MR) is 141 cm³/mol. The second-order valence-electron chi connectivity index (χ2n) is 8.75. The topological polar surface area (TPSA) is 69.3 Å². The van der Waals surface area contributed by atoms with Gasteiger partial charge in [-0.2, -0.15) is 5.26 Å². The molecule has 2 fully saturated rings. The van der Waals surface area contributed by atoms with Crippen LogP contribution in [-0.2, 0) is 11.3 Å². The summed E-state index contributed by atoms with van der Waals surface area (Å²) in [5, 5.41) is 9.77. The van der Waals surface area contributed by atoms with Crippen LogP contribution in [0.1, 0.15) is 81.9 Å². The first kappa shape index (κ1) is 25.5. The number of nitriles is 1. The lowest BCUT2D eigenvalue weighted by Gasteiger charge is -2.27. The van der Waals surface area contributed by atoms with Crippen molar-refractivity contribution in [3.05, 3.63) is 31.9 Å². The number of rotatable bonds is 10. The van der Waals surface area contributed by atoms with Gasteiger partial charge in [-0.15, -0.1) is 0 Å². The number of thioether (sulfide) groups is 1. The van der Waals surface area contributed by atoms with Gasteiger partial charge in [-0.05, 0) is 44.2 Å². The highest BCUT2D eigenvalue weighted by Gasteiger charge is 2.33. The zero-order chi connectivity index (χ0) is 24.0. The first-order valence-electron chi connectivity index (χ1n) is 12.1. The summed E-state index contributed by atoms with van der Waals surface area (Å²) in [4.78, 5) is 30.9. The molecule has 1 amide bonds. The average molecular weight is 487 g/mol. The number of aromatic nitrogens is 1. The van der Waals surface area contributed by atoms with Crippen molar-refractivity contribution in [3.8, 4) is 6.07 Å². The van der Waals surface area contributed by atoms with Crippen molar-refractivity contribution < 1.29 is 4.79 Å². The van der Waals surface area contributed by atoms with E-state index in [-0.39, 0.29) is 17.0 Å². The summed E-state index contributed by atoms with van der Waals surface area (Å²) in [7, 11) is 0. The van der Waals surface area contributed by atoms with Crippen LogP contribution >= 0.6 is 24.0 Å². The first-order valence-corrected chi connectivity index (χ1v) is 13.3. The molecule has 1 aromatic heterocycles. The number of hydrogen-bond acceptors (Lipinski definition) is 6. The Morgan fingerprint density at radius 1 is 1.06 bits per heavy atom. The number of anilines is 1. The third-order valence-electron chi connectivity index (χ3n) is 6.37. The molecule has 0 aliphatic carbocycles. The van der Waals surface area contributed by atoms with Crippen molar-refractivity contribution in [2.24, 2.45) is 0 Å². The van der Waals surface area contributed by atoms with Gasteiger partial charge < -0.3 is 4.90 Å². The van der Waals surface area contributed by atoms with Gasteiger partial charge in [0.25, 0.3) is 11.5 Å². The lowest BCUT2D eigenvalue weighted by Crippen LogP contribution is -2.33. The SMILES string of the molecule is CCCCCCN1C(=O)/C(=C\c2c(C)c(C#N)c(=O)n(CCCC)c2N2CCCC2)SC1=S. The first-order chi connectivity index (χ1) is 15.9. The zero-order valence-electron chi connectivity index (χ0n) is 20.0. The van der Waals surface area contributed by atoms with Crippen LogP contribution in [0.3, 0.4) is 0 Å². The fourth-order valence-corrected chi connectivity index (χ4v) is 5.75. The van der Waals surface area contributed by atoms with Gasteiger partial charge in [0, 0.05) is 31.7 Å². The van der Waals surface area contributed by atoms with E-state index < -0.39 is 0 Å². The summed E-state index contributed by atoms with van der Waals surface area (Å²) < 4.78 is 2.35.